The lowest BCUT2D eigenvalue weighted by Gasteiger charge is -2.27. The SMILES string of the molecule is COc1ccc(C2Nc3nc4ccccc4n3C(N)=C2C#N)cc1OC. The van der Waals surface area contributed by atoms with Crippen LogP contribution in [-0.4, -0.2) is 23.8 Å². The number of nitriles is 1. The van der Waals surface area contributed by atoms with E-state index in [4.69, 9.17) is 15.2 Å². The van der Waals surface area contributed by atoms with Crippen molar-refractivity contribution in [2.75, 3.05) is 19.5 Å². The molecule has 0 radical (unpaired) electrons. The Balaban J connectivity index is 1.88. The fourth-order valence-electron chi connectivity index (χ4n) is 3.24. The smallest absolute Gasteiger partial charge is 0.210 e. The lowest BCUT2D eigenvalue weighted by molar-refractivity contribution is 0.354. The summed E-state index contributed by atoms with van der Waals surface area (Å²) < 4.78 is 12.4. The van der Waals surface area contributed by atoms with Gasteiger partial charge in [0.25, 0.3) is 0 Å². The first kappa shape index (κ1) is 15.8. The molecule has 2 heterocycles. The average Bonchev–Trinajstić information content (AvgIpc) is 3.06. The molecule has 1 unspecified atom stereocenters. The highest BCUT2D eigenvalue weighted by Crippen LogP contribution is 2.38. The molecule has 7 nitrogen and oxygen atoms in total. The van der Waals surface area contributed by atoms with Crippen LogP contribution in [0, 0.1) is 11.3 Å². The van der Waals surface area contributed by atoms with E-state index in [1.54, 1.807) is 24.9 Å². The molecule has 7 heteroatoms. The van der Waals surface area contributed by atoms with Crippen LogP contribution < -0.4 is 20.5 Å². The molecular weight excluding hydrogens is 330 g/mol. The van der Waals surface area contributed by atoms with Gasteiger partial charge in [-0.2, -0.15) is 5.26 Å². The Morgan fingerprint density at radius 1 is 1.15 bits per heavy atom. The Morgan fingerprint density at radius 3 is 2.65 bits per heavy atom. The van der Waals surface area contributed by atoms with Crippen LogP contribution in [0.3, 0.4) is 0 Å². The van der Waals surface area contributed by atoms with Crippen molar-refractivity contribution in [1.29, 1.82) is 5.26 Å². The second-order valence-electron chi connectivity index (χ2n) is 5.86. The topological polar surface area (TPSA) is 98.1 Å². The highest BCUT2D eigenvalue weighted by Gasteiger charge is 2.30. The summed E-state index contributed by atoms with van der Waals surface area (Å²) in [4.78, 5) is 4.60. The number of nitrogens with one attached hydrogen (secondary N) is 1. The molecular formula is C19H17N5O2. The van der Waals surface area contributed by atoms with E-state index in [9.17, 15) is 5.26 Å². The minimum Gasteiger partial charge on any atom is -0.493 e. The predicted molar refractivity (Wildman–Crippen MR) is 98.7 cm³/mol. The van der Waals surface area contributed by atoms with Crippen LogP contribution in [0.1, 0.15) is 11.6 Å². The van der Waals surface area contributed by atoms with Gasteiger partial charge in [-0.05, 0) is 29.8 Å². The molecule has 3 aromatic rings. The van der Waals surface area contributed by atoms with Gasteiger partial charge in [-0.1, -0.05) is 18.2 Å². The number of hydrogen-bond donors (Lipinski definition) is 2. The maximum atomic E-state index is 9.74. The van der Waals surface area contributed by atoms with E-state index in [0.717, 1.165) is 16.6 Å². The summed E-state index contributed by atoms with van der Waals surface area (Å²) >= 11 is 0. The summed E-state index contributed by atoms with van der Waals surface area (Å²) in [6.45, 7) is 0. The Kier molecular flexibility index (Phi) is 3.66. The molecule has 1 aliphatic rings. The van der Waals surface area contributed by atoms with Gasteiger partial charge in [-0.15, -0.1) is 0 Å². The number of fused-ring (bicyclic) bond motifs is 3. The molecule has 0 bridgehead atoms. The Bertz CT molecular complexity index is 1080. The Hall–Kier alpha value is -3.66. The number of para-hydroxylation sites is 2. The summed E-state index contributed by atoms with van der Waals surface area (Å²) in [7, 11) is 3.15. The maximum absolute atomic E-state index is 9.74. The van der Waals surface area contributed by atoms with Crippen molar-refractivity contribution in [2.24, 2.45) is 5.73 Å². The molecule has 1 aliphatic heterocycles. The minimum absolute atomic E-state index is 0.370. The largest absolute Gasteiger partial charge is 0.493 e. The maximum Gasteiger partial charge on any atom is 0.210 e. The van der Waals surface area contributed by atoms with Gasteiger partial charge in [0.1, 0.15) is 11.9 Å². The Morgan fingerprint density at radius 2 is 1.92 bits per heavy atom. The molecule has 0 saturated heterocycles. The zero-order valence-corrected chi connectivity index (χ0v) is 14.4. The monoisotopic (exact) mass is 347 g/mol. The number of hydrogen-bond acceptors (Lipinski definition) is 6. The third-order valence-electron chi connectivity index (χ3n) is 4.50. The van der Waals surface area contributed by atoms with E-state index in [0.29, 0.717) is 28.8 Å². The lowest BCUT2D eigenvalue weighted by atomic mass is 9.97. The summed E-state index contributed by atoms with van der Waals surface area (Å²) in [6, 6.07) is 15.0. The molecule has 26 heavy (non-hydrogen) atoms. The standard InChI is InChI=1S/C19H17N5O2/c1-25-15-8-7-11(9-16(15)26-2)17-12(10-20)18(21)24-14-6-4-3-5-13(14)22-19(24)23-17/h3-9,17H,21H2,1-2H3,(H,22,23). The molecule has 1 aromatic heterocycles. The first-order valence-corrected chi connectivity index (χ1v) is 8.04. The summed E-state index contributed by atoms with van der Waals surface area (Å²) in [5, 5.41) is 13.1. The average molecular weight is 347 g/mol. The molecule has 0 spiro atoms. The molecule has 2 aromatic carbocycles. The van der Waals surface area contributed by atoms with Gasteiger partial charge in [0.2, 0.25) is 5.95 Å². The highest BCUT2D eigenvalue weighted by atomic mass is 16.5. The molecule has 0 amide bonds. The molecule has 1 atom stereocenters. The van der Waals surface area contributed by atoms with Gasteiger partial charge >= 0.3 is 0 Å². The third-order valence-corrected chi connectivity index (χ3v) is 4.50. The van der Waals surface area contributed by atoms with Gasteiger partial charge in [-0.3, -0.25) is 4.57 Å². The van der Waals surface area contributed by atoms with Crippen LogP contribution in [0.25, 0.3) is 16.9 Å². The summed E-state index contributed by atoms with van der Waals surface area (Å²) in [6.07, 6.45) is 0. The van der Waals surface area contributed by atoms with Crippen molar-refractivity contribution in [1.82, 2.24) is 9.55 Å². The fraction of sp³-hybridized carbons (Fsp3) is 0.158. The van der Waals surface area contributed by atoms with E-state index in [1.165, 1.54) is 0 Å². The number of benzene rings is 2. The van der Waals surface area contributed by atoms with E-state index >= 15 is 0 Å². The van der Waals surface area contributed by atoms with Crippen molar-refractivity contribution in [3.8, 4) is 17.6 Å². The fourth-order valence-corrected chi connectivity index (χ4v) is 3.24. The van der Waals surface area contributed by atoms with E-state index < -0.39 is 6.04 Å². The number of methoxy groups -OCH3 is 2. The van der Waals surface area contributed by atoms with E-state index in [2.05, 4.69) is 16.4 Å². The van der Waals surface area contributed by atoms with Gasteiger partial charge in [-0.25, -0.2) is 4.98 Å². The molecule has 0 saturated carbocycles. The first-order valence-electron chi connectivity index (χ1n) is 8.04. The van der Waals surface area contributed by atoms with E-state index in [-0.39, 0.29) is 0 Å². The number of rotatable bonds is 3. The molecule has 0 aliphatic carbocycles. The molecule has 0 fully saturated rings. The number of nitrogens with two attached hydrogens (primary N) is 1. The molecule has 4 rings (SSSR count). The van der Waals surface area contributed by atoms with Crippen LogP contribution in [0.4, 0.5) is 5.95 Å². The van der Waals surface area contributed by atoms with Crippen LogP contribution in [0.5, 0.6) is 11.5 Å². The van der Waals surface area contributed by atoms with Gasteiger partial charge in [0.15, 0.2) is 11.5 Å². The lowest BCUT2D eigenvalue weighted by Crippen LogP contribution is -2.26. The van der Waals surface area contributed by atoms with Crippen molar-refractivity contribution < 1.29 is 9.47 Å². The van der Waals surface area contributed by atoms with Crippen LogP contribution in [-0.2, 0) is 0 Å². The van der Waals surface area contributed by atoms with Crippen LogP contribution in [0.2, 0.25) is 0 Å². The number of imidazole rings is 1. The highest BCUT2D eigenvalue weighted by molar-refractivity contribution is 5.85. The zero-order valence-electron chi connectivity index (χ0n) is 14.4. The van der Waals surface area contributed by atoms with Gasteiger partial charge < -0.3 is 20.5 Å². The van der Waals surface area contributed by atoms with Crippen LogP contribution in [0.15, 0.2) is 48.0 Å². The summed E-state index contributed by atoms with van der Waals surface area (Å²) in [5.41, 5.74) is 9.27. The van der Waals surface area contributed by atoms with Gasteiger partial charge in [0, 0.05) is 0 Å². The van der Waals surface area contributed by atoms with Crippen molar-refractivity contribution in [2.45, 2.75) is 6.04 Å². The number of nitrogens with zero attached hydrogens (tertiary/aromatic N) is 3. The predicted octanol–water partition coefficient (Wildman–Crippen LogP) is 2.87. The first-order chi connectivity index (χ1) is 12.7. The summed E-state index contributed by atoms with van der Waals surface area (Å²) in [5.74, 6) is 2.17. The molecule has 130 valence electrons. The molecule has 3 N–H and O–H groups in total. The Labute approximate surface area is 150 Å². The van der Waals surface area contributed by atoms with E-state index in [1.807, 2.05) is 36.4 Å². The minimum atomic E-state index is -0.427. The number of aromatic nitrogens is 2. The quantitative estimate of drug-likeness (QED) is 0.756. The van der Waals surface area contributed by atoms with Gasteiger partial charge in [0.05, 0.1) is 36.9 Å². The normalized spacial score (nSPS) is 16.0. The third kappa shape index (κ3) is 2.24. The van der Waals surface area contributed by atoms with Crippen molar-refractivity contribution in [3.63, 3.8) is 0 Å². The second kappa shape index (κ2) is 6.01. The zero-order chi connectivity index (χ0) is 18.3. The van der Waals surface area contributed by atoms with Crippen LogP contribution >= 0.6 is 0 Å². The second-order valence-corrected chi connectivity index (χ2v) is 5.86. The number of ether oxygens (including phenoxy) is 2. The number of anilines is 1. The van der Waals surface area contributed by atoms with Crippen molar-refractivity contribution >= 4 is 22.8 Å². The van der Waals surface area contributed by atoms with Crippen molar-refractivity contribution in [3.05, 3.63) is 53.6 Å².